The number of hydrogen-bond donors (Lipinski definition) is 1. The third kappa shape index (κ3) is 3.41. The van der Waals surface area contributed by atoms with Gasteiger partial charge in [0, 0.05) is 31.4 Å². The van der Waals surface area contributed by atoms with Crippen molar-refractivity contribution < 1.29 is 4.79 Å². The van der Waals surface area contributed by atoms with Gasteiger partial charge in [-0.1, -0.05) is 6.07 Å². The van der Waals surface area contributed by atoms with Crippen LogP contribution in [-0.4, -0.2) is 43.7 Å². The summed E-state index contributed by atoms with van der Waals surface area (Å²) in [5, 5.41) is 7.33. The van der Waals surface area contributed by atoms with Crippen LogP contribution in [0.25, 0.3) is 5.65 Å². The van der Waals surface area contributed by atoms with Gasteiger partial charge in [-0.05, 0) is 57.1 Å². The van der Waals surface area contributed by atoms with Gasteiger partial charge >= 0.3 is 11.7 Å². The molecule has 2 amide bonds. The summed E-state index contributed by atoms with van der Waals surface area (Å²) in [5.74, 6) is 0.683. The summed E-state index contributed by atoms with van der Waals surface area (Å²) in [5.41, 5.74) is 0.513. The van der Waals surface area contributed by atoms with Gasteiger partial charge in [0.25, 0.3) is 0 Å². The predicted octanol–water partition coefficient (Wildman–Crippen LogP) is 1.86. The Balaban J connectivity index is 1.30. The van der Waals surface area contributed by atoms with Crippen molar-refractivity contribution in [3.05, 3.63) is 34.9 Å². The lowest BCUT2D eigenvalue weighted by molar-refractivity contribution is 0.167. The van der Waals surface area contributed by atoms with Crippen LogP contribution in [0.15, 0.2) is 29.2 Å². The van der Waals surface area contributed by atoms with Crippen molar-refractivity contribution in [2.75, 3.05) is 6.54 Å². The first-order chi connectivity index (χ1) is 12.1. The molecule has 7 nitrogen and oxygen atoms in total. The Hall–Kier alpha value is -2.31. The Morgan fingerprint density at radius 3 is 2.84 bits per heavy atom. The molecule has 0 radical (unpaired) electrons. The summed E-state index contributed by atoms with van der Waals surface area (Å²) < 4.78 is 3.00. The van der Waals surface area contributed by atoms with Crippen LogP contribution in [0.1, 0.15) is 39.0 Å². The average Bonchev–Trinajstić information content (AvgIpc) is 3.51. The highest BCUT2D eigenvalue weighted by Gasteiger charge is 2.41. The van der Waals surface area contributed by atoms with E-state index in [4.69, 9.17) is 0 Å². The summed E-state index contributed by atoms with van der Waals surface area (Å²) >= 11 is 0. The smallest absolute Gasteiger partial charge is 0.338 e. The van der Waals surface area contributed by atoms with Crippen molar-refractivity contribution in [1.82, 2.24) is 24.4 Å². The van der Waals surface area contributed by atoms with Gasteiger partial charge in [0.15, 0.2) is 5.65 Å². The van der Waals surface area contributed by atoms with Crippen molar-refractivity contribution >= 4 is 11.7 Å². The van der Waals surface area contributed by atoms with Crippen molar-refractivity contribution in [2.24, 2.45) is 5.92 Å². The second-order valence-corrected chi connectivity index (χ2v) is 7.24. The fourth-order valence-corrected chi connectivity index (χ4v) is 3.47. The van der Waals surface area contributed by atoms with Gasteiger partial charge in [0.1, 0.15) is 0 Å². The molecule has 2 saturated carbocycles. The highest BCUT2D eigenvalue weighted by molar-refractivity contribution is 5.75. The Bertz CT molecular complexity index is 818. The summed E-state index contributed by atoms with van der Waals surface area (Å²) in [6, 6.07) is 6.30. The van der Waals surface area contributed by atoms with E-state index in [-0.39, 0.29) is 11.7 Å². The Morgan fingerprint density at radius 1 is 1.36 bits per heavy atom. The normalized spacial score (nSPS) is 18.3. The van der Waals surface area contributed by atoms with Crippen molar-refractivity contribution in [1.29, 1.82) is 0 Å². The maximum atomic E-state index is 12.5. The highest BCUT2D eigenvalue weighted by Crippen LogP contribution is 2.39. The first kappa shape index (κ1) is 16.2. The minimum absolute atomic E-state index is 0.0456. The molecule has 0 aliphatic heterocycles. The lowest BCUT2D eigenvalue weighted by Gasteiger charge is -2.29. The number of amides is 2. The second kappa shape index (κ2) is 6.54. The van der Waals surface area contributed by atoms with E-state index in [0.29, 0.717) is 43.2 Å². The molecule has 0 bridgehead atoms. The van der Waals surface area contributed by atoms with Crippen LogP contribution in [0.4, 0.5) is 4.79 Å². The molecule has 2 aliphatic carbocycles. The number of urea groups is 1. The molecule has 25 heavy (non-hydrogen) atoms. The lowest BCUT2D eigenvalue weighted by atomic mass is 10.2. The molecule has 134 valence electrons. The van der Waals surface area contributed by atoms with E-state index in [1.54, 1.807) is 6.20 Å². The molecule has 4 rings (SSSR count). The van der Waals surface area contributed by atoms with E-state index in [1.807, 2.05) is 18.2 Å². The molecule has 7 heteroatoms. The van der Waals surface area contributed by atoms with E-state index in [0.717, 1.165) is 12.8 Å². The number of nitrogens with zero attached hydrogens (tertiary/aromatic N) is 4. The van der Waals surface area contributed by atoms with Crippen LogP contribution in [-0.2, 0) is 6.54 Å². The molecule has 0 aromatic carbocycles. The Labute approximate surface area is 146 Å². The molecule has 1 N–H and O–H groups in total. The average molecular weight is 343 g/mol. The zero-order valence-electron chi connectivity index (χ0n) is 14.6. The zero-order chi connectivity index (χ0) is 17.4. The molecular formula is C18H25N5O2. The SMILES string of the molecule is C[C@@H](C1CC1)N(C(=O)NCCCn1nc2ccccn2c1=O)C1CC1. The quantitative estimate of drug-likeness (QED) is 0.780. The molecular weight excluding hydrogens is 318 g/mol. The van der Waals surface area contributed by atoms with E-state index < -0.39 is 0 Å². The van der Waals surface area contributed by atoms with E-state index in [9.17, 15) is 9.59 Å². The number of hydrogen-bond acceptors (Lipinski definition) is 3. The van der Waals surface area contributed by atoms with Gasteiger partial charge in [-0.25, -0.2) is 14.3 Å². The number of aromatic nitrogens is 3. The maximum Gasteiger partial charge on any atom is 0.350 e. The fraction of sp³-hybridized carbons (Fsp3) is 0.611. The molecule has 0 spiro atoms. The van der Waals surface area contributed by atoms with Gasteiger partial charge in [0.2, 0.25) is 0 Å². The number of nitrogens with one attached hydrogen (secondary N) is 1. The molecule has 2 heterocycles. The molecule has 2 aromatic heterocycles. The van der Waals surface area contributed by atoms with Gasteiger partial charge in [-0.15, -0.1) is 5.10 Å². The third-order valence-corrected chi connectivity index (χ3v) is 5.23. The van der Waals surface area contributed by atoms with Crippen LogP contribution in [0, 0.1) is 5.92 Å². The van der Waals surface area contributed by atoms with Crippen LogP contribution in [0.5, 0.6) is 0 Å². The maximum absolute atomic E-state index is 12.5. The molecule has 2 fully saturated rings. The molecule has 2 aliphatic rings. The van der Waals surface area contributed by atoms with Gasteiger partial charge in [-0.2, -0.15) is 0 Å². The molecule has 2 aromatic rings. The molecule has 1 atom stereocenters. The van der Waals surface area contributed by atoms with Crippen molar-refractivity contribution in [3.63, 3.8) is 0 Å². The van der Waals surface area contributed by atoms with Crippen molar-refractivity contribution in [2.45, 2.75) is 57.7 Å². The number of aryl methyl sites for hydroxylation is 1. The standard InChI is InChI=1S/C18H25N5O2/c1-13(14-6-7-14)23(15-8-9-15)17(24)19-10-4-12-22-18(25)21-11-3-2-5-16(21)20-22/h2-3,5,11,13-15H,4,6-10,12H2,1H3,(H,19,24)/t13-/m0/s1. The monoisotopic (exact) mass is 343 g/mol. The number of carbonyl (C=O) groups excluding carboxylic acids is 1. The van der Waals surface area contributed by atoms with Gasteiger partial charge < -0.3 is 10.2 Å². The van der Waals surface area contributed by atoms with Crippen LogP contribution in [0.2, 0.25) is 0 Å². The fourth-order valence-electron chi connectivity index (χ4n) is 3.47. The highest BCUT2D eigenvalue weighted by atomic mass is 16.2. The second-order valence-electron chi connectivity index (χ2n) is 7.24. The van der Waals surface area contributed by atoms with Crippen LogP contribution >= 0.6 is 0 Å². The third-order valence-electron chi connectivity index (χ3n) is 5.23. The number of carbonyl (C=O) groups is 1. The molecule has 0 unspecified atom stereocenters. The Morgan fingerprint density at radius 2 is 2.16 bits per heavy atom. The Kier molecular flexibility index (Phi) is 4.23. The van der Waals surface area contributed by atoms with Crippen LogP contribution < -0.4 is 11.0 Å². The summed E-state index contributed by atoms with van der Waals surface area (Å²) in [6.45, 7) is 3.23. The van der Waals surface area contributed by atoms with E-state index in [1.165, 1.54) is 21.9 Å². The lowest BCUT2D eigenvalue weighted by Crippen LogP contribution is -2.47. The predicted molar refractivity (Wildman–Crippen MR) is 94.5 cm³/mol. The van der Waals surface area contributed by atoms with Gasteiger partial charge in [0.05, 0.1) is 0 Å². The first-order valence-electron chi connectivity index (χ1n) is 9.25. The molecule has 0 saturated heterocycles. The summed E-state index contributed by atoms with van der Waals surface area (Å²) in [6.07, 6.45) is 7.15. The number of rotatable bonds is 7. The summed E-state index contributed by atoms with van der Waals surface area (Å²) in [7, 11) is 0. The minimum atomic E-state index is -0.135. The van der Waals surface area contributed by atoms with E-state index in [2.05, 4.69) is 22.2 Å². The minimum Gasteiger partial charge on any atom is -0.338 e. The van der Waals surface area contributed by atoms with Gasteiger partial charge in [-0.3, -0.25) is 4.40 Å². The van der Waals surface area contributed by atoms with Crippen LogP contribution in [0.3, 0.4) is 0 Å². The van der Waals surface area contributed by atoms with Crippen molar-refractivity contribution in [3.8, 4) is 0 Å². The topological polar surface area (TPSA) is 71.6 Å². The number of fused-ring (bicyclic) bond motifs is 1. The van der Waals surface area contributed by atoms with E-state index >= 15 is 0 Å². The summed E-state index contributed by atoms with van der Waals surface area (Å²) in [4.78, 5) is 26.8. The number of pyridine rings is 1. The first-order valence-corrected chi connectivity index (χ1v) is 9.25. The zero-order valence-corrected chi connectivity index (χ0v) is 14.6. The largest absolute Gasteiger partial charge is 0.350 e.